The first-order valence-electron chi connectivity index (χ1n) is 8.74. The molecule has 3 aromatic carbocycles. The molecule has 0 amide bonds. The average Bonchev–Trinajstić information content (AvgIpc) is 2.69. The molecule has 0 unspecified atom stereocenters. The van der Waals surface area contributed by atoms with Gasteiger partial charge in [0.1, 0.15) is 0 Å². The number of benzene rings is 3. The highest BCUT2D eigenvalue weighted by molar-refractivity contribution is 6.42. The minimum atomic E-state index is -1.20. The normalized spacial score (nSPS) is 10.6. The van der Waals surface area contributed by atoms with Gasteiger partial charge in [-0.2, -0.15) is 0 Å². The van der Waals surface area contributed by atoms with E-state index in [9.17, 15) is 19.8 Å². The van der Waals surface area contributed by atoms with Crippen LogP contribution in [0.2, 0.25) is 10.0 Å². The number of halogens is 2. The second-order valence-electron chi connectivity index (χ2n) is 6.41. The van der Waals surface area contributed by atoms with Gasteiger partial charge in [0.2, 0.25) is 0 Å². The fraction of sp³-hybridized carbons (Fsp3) is 0.0909. The fourth-order valence-corrected chi connectivity index (χ4v) is 3.25. The Bertz CT molecular complexity index is 1030. The Balaban J connectivity index is 1.75. The molecule has 0 saturated carbocycles. The van der Waals surface area contributed by atoms with Gasteiger partial charge in [0.05, 0.1) is 26.9 Å². The highest BCUT2D eigenvalue weighted by Crippen LogP contribution is 2.27. The number of nitrogens with one attached hydrogen (secondary N) is 1. The van der Waals surface area contributed by atoms with E-state index >= 15 is 0 Å². The summed E-state index contributed by atoms with van der Waals surface area (Å²) in [5.41, 5.74) is 2.59. The Hall–Kier alpha value is -3.02. The van der Waals surface area contributed by atoms with Crippen molar-refractivity contribution in [1.82, 2.24) is 0 Å². The lowest BCUT2D eigenvalue weighted by atomic mass is 10.0. The van der Waals surface area contributed by atoms with E-state index in [0.717, 1.165) is 24.0 Å². The van der Waals surface area contributed by atoms with E-state index in [1.807, 2.05) is 24.3 Å². The van der Waals surface area contributed by atoms with Crippen LogP contribution in [0.3, 0.4) is 0 Å². The van der Waals surface area contributed by atoms with Gasteiger partial charge in [-0.05, 0) is 60.4 Å². The molecular formula is C22H17Cl2NO4. The minimum Gasteiger partial charge on any atom is -0.478 e. The van der Waals surface area contributed by atoms with Gasteiger partial charge in [0.15, 0.2) is 0 Å². The third-order valence-electron chi connectivity index (χ3n) is 4.43. The van der Waals surface area contributed by atoms with Crippen molar-refractivity contribution in [1.29, 1.82) is 0 Å². The predicted octanol–water partition coefficient (Wildman–Crippen LogP) is 5.92. The van der Waals surface area contributed by atoms with Crippen LogP contribution in [0.15, 0.2) is 60.7 Å². The van der Waals surface area contributed by atoms with E-state index in [2.05, 4.69) is 5.32 Å². The monoisotopic (exact) mass is 429 g/mol. The lowest BCUT2D eigenvalue weighted by Gasteiger charge is -2.13. The average molecular weight is 430 g/mol. The first-order valence-corrected chi connectivity index (χ1v) is 9.50. The van der Waals surface area contributed by atoms with Crippen molar-refractivity contribution in [2.24, 2.45) is 0 Å². The largest absolute Gasteiger partial charge is 0.478 e. The minimum absolute atomic E-state index is 0.0519. The van der Waals surface area contributed by atoms with Gasteiger partial charge in [-0.25, -0.2) is 9.59 Å². The Labute approximate surface area is 177 Å². The number of hydrogen-bond acceptors (Lipinski definition) is 3. The molecule has 0 aliphatic carbocycles. The molecule has 29 heavy (non-hydrogen) atoms. The number of aromatic carboxylic acids is 2. The molecule has 0 saturated heterocycles. The van der Waals surface area contributed by atoms with Crippen LogP contribution in [0, 0.1) is 0 Å². The van der Waals surface area contributed by atoms with Crippen LogP contribution < -0.4 is 5.32 Å². The molecule has 0 aliphatic heterocycles. The van der Waals surface area contributed by atoms with E-state index in [1.54, 1.807) is 18.2 Å². The van der Waals surface area contributed by atoms with E-state index in [1.165, 1.54) is 18.2 Å². The maximum Gasteiger partial charge on any atom is 0.337 e. The van der Waals surface area contributed by atoms with Gasteiger partial charge in [-0.3, -0.25) is 0 Å². The van der Waals surface area contributed by atoms with Crippen molar-refractivity contribution in [3.8, 4) is 0 Å². The van der Waals surface area contributed by atoms with Crippen molar-refractivity contribution in [2.75, 3.05) is 5.32 Å². The van der Waals surface area contributed by atoms with Crippen LogP contribution in [0.1, 0.15) is 31.8 Å². The zero-order valence-electron chi connectivity index (χ0n) is 15.2. The summed E-state index contributed by atoms with van der Waals surface area (Å²) >= 11 is 12.0. The standard InChI is InChI=1S/C22H17Cl2NO4/c23-18-11-8-14(12-19(18)24)5-4-13-6-9-15(10-7-13)25-20-16(21(26)27)2-1-3-17(20)22(28)29/h1-3,6-12,25H,4-5H2,(H,26,27)(H,28,29). The summed E-state index contributed by atoms with van der Waals surface area (Å²) in [7, 11) is 0. The molecule has 7 heteroatoms. The summed E-state index contributed by atoms with van der Waals surface area (Å²) in [4.78, 5) is 22.9. The first kappa shape index (κ1) is 20.7. The maximum atomic E-state index is 11.5. The third-order valence-corrected chi connectivity index (χ3v) is 5.17. The van der Waals surface area contributed by atoms with Crippen molar-refractivity contribution < 1.29 is 19.8 Å². The predicted molar refractivity (Wildman–Crippen MR) is 114 cm³/mol. The number of aryl methyl sites for hydroxylation is 2. The molecule has 0 spiro atoms. The molecule has 148 valence electrons. The summed E-state index contributed by atoms with van der Waals surface area (Å²) in [6.07, 6.45) is 1.57. The van der Waals surface area contributed by atoms with Crippen LogP contribution in [0.25, 0.3) is 0 Å². The molecule has 3 rings (SSSR count). The SMILES string of the molecule is O=C(O)c1cccc(C(=O)O)c1Nc1ccc(CCc2ccc(Cl)c(Cl)c2)cc1. The highest BCUT2D eigenvalue weighted by Gasteiger charge is 2.18. The van der Waals surface area contributed by atoms with Crippen molar-refractivity contribution >= 4 is 46.5 Å². The van der Waals surface area contributed by atoms with E-state index in [4.69, 9.17) is 23.2 Å². The molecule has 0 radical (unpaired) electrons. The lowest BCUT2D eigenvalue weighted by Crippen LogP contribution is -2.09. The van der Waals surface area contributed by atoms with Gasteiger partial charge < -0.3 is 15.5 Å². The number of anilines is 2. The van der Waals surface area contributed by atoms with Crippen LogP contribution in [0.5, 0.6) is 0 Å². The van der Waals surface area contributed by atoms with E-state index in [0.29, 0.717) is 15.7 Å². The Morgan fingerprint density at radius 3 is 1.86 bits per heavy atom. The smallest absolute Gasteiger partial charge is 0.337 e. The number of para-hydroxylation sites is 1. The molecule has 0 heterocycles. The Kier molecular flexibility index (Phi) is 6.42. The molecular weight excluding hydrogens is 413 g/mol. The van der Waals surface area contributed by atoms with Gasteiger partial charge in [-0.1, -0.05) is 47.5 Å². The van der Waals surface area contributed by atoms with E-state index in [-0.39, 0.29) is 16.8 Å². The summed E-state index contributed by atoms with van der Waals surface area (Å²) in [6, 6.07) is 17.1. The third kappa shape index (κ3) is 5.08. The van der Waals surface area contributed by atoms with Crippen LogP contribution in [-0.2, 0) is 12.8 Å². The van der Waals surface area contributed by atoms with Gasteiger partial charge in [-0.15, -0.1) is 0 Å². The summed E-state index contributed by atoms with van der Waals surface area (Å²) in [6.45, 7) is 0. The van der Waals surface area contributed by atoms with Crippen molar-refractivity contribution in [2.45, 2.75) is 12.8 Å². The number of carbonyl (C=O) groups is 2. The molecule has 0 aliphatic rings. The molecule has 3 N–H and O–H groups in total. The molecule has 3 aromatic rings. The molecule has 0 fully saturated rings. The lowest BCUT2D eigenvalue weighted by molar-refractivity contribution is 0.0696. The van der Waals surface area contributed by atoms with Crippen LogP contribution in [0.4, 0.5) is 11.4 Å². The number of carboxylic acid groups (broad SMARTS) is 2. The molecule has 5 nitrogen and oxygen atoms in total. The van der Waals surface area contributed by atoms with Crippen molar-refractivity contribution in [3.63, 3.8) is 0 Å². The summed E-state index contributed by atoms with van der Waals surface area (Å²) in [5.74, 6) is -2.40. The highest BCUT2D eigenvalue weighted by atomic mass is 35.5. The zero-order valence-corrected chi connectivity index (χ0v) is 16.7. The first-order chi connectivity index (χ1) is 13.8. The molecule has 0 aromatic heterocycles. The summed E-state index contributed by atoms with van der Waals surface area (Å²) in [5, 5.41) is 22.7. The van der Waals surface area contributed by atoms with Gasteiger partial charge in [0.25, 0.3) is 0 Å². The van der Waals surface area contributed by atoms with E-state index < -0.39 is 11.9 Å². The topological polar surface area (TPSA) is 86.6 Å². The van der Waals surface area contributed by atoms with Gasteiger partial charge >= 0.3 is 11.9 Å². The maximum absolute atomic E-state index is 11.5. The van der Waals surface area contributed by atoms with Crippen LogP contribution in [-0.4, -0.2) is 22.2 Å². The second-order valence-corrected chi connectivity index (χ2v) is 7.22. The van der Waals surface area contributed by atoms with Gasteiger partial charge in [0, 0.05) is 5.69 Å². The number of rotatable bonds is 7. The Morgan fingerprint density at radius 2 is 1.31 bits per heavy atom. The number of hydrogen-bond donors (Lipinski definition) is 3. The second kappa shape index (κ2) is 8.99. The molecule has 0 atom stereocenters. The number of carboxylic acids is 2. The van der Waals surface area contributed by atoms with Crippen LogP contribution >= 0.6 is 23.2 Å². The Morgan fingerprint density at radius 1 is 0.759 bits per heavy atom. The molecule has 0 bridgehead atoms. The fourth-order valence-electron chi connectivity index (χ4n) is 2.93. The zero-order chi connectivity index (χ0) is 21.0. The quantitative estimate of drug-likeness (QED) is 0.433. The van der Waals surface area contributed by atoms with Crippen molar-refractivity contribution in [3.05, 3.63) is 93.0 Å². The summed E-state index contributed by atoms with van der Waals surface area (Å²) < 4.78 is 0.